The van der Waals surface area contributed by atoms with E-state index in [0.717, 1.165) is 57.8 Å². The van der Waals surface area contributed by atoms with Crippen LogP contribution in [0.2, 0.25) is 0 Å². The van der Waals surface area contributed by atoms with E-state index >= 15 is 0 Å². The maximum Gasteiger partial charge on any atom is 0.220 e. The lowest BCUT2D eigenvalue weighted by Gasteiger charge is -2.46. The molecule has 2 aliphatic heterocycles. The molecule has 14 nitrogen and oxygen atoms in total. The van der Waals surface area contributed by atoms with Crippen LogP contribution >= 0.6 is 0 Å². The fraction of sp³-hybridized carbons (Fsp3) is 0.870. The molecule has 2 rings (SSSR count). The summed E-state index contributed by atoms with van der Waals surface area (Å²) >= 11 is 0. The maximum atomic E-state index is 13.0. The molecular formula is C54H99NO13. The minimum atomic E-state index is -1.79. The SMILES string of the molecule is CCCCCCCCCCCCCCCCCCCC/C=C/CC/C=C/CC/C=C/C(O)C(COC1OC(CO)C(OC2OC(CO)C(O)C(O)C2O)C(O)C1O)NC(=O)CCCCCCCC. The second-order valence-corrected chi connectivity index (χ2v) is 19.3. The predicted octanol–water partition coefficient (Wildman–Crippen LogP) is 7.88. The Morgan fingerprint density at radius 2 is 0.941 bits per heavy atom. The van der Waals surface area contributed by atoms with Crippen LogP contribution in [0.3, 0.4) is 0 Å². The topological polar surface area (TPSA) is 228 Å². The molecule has 0 bridgehead atoms. The molecule has 0 aromatic rings. The van der Waals surface area contributed by atoms with Crippen LogP contribution in [0, 0.1) is 0 Å². The fourth-order valence-electron chi connectivity index (χ4n) is 8.85. The number of hydrogen-bond acceptors (Lipinski definition) is 13. The largest absolute Gasteiger partial charge is 0.394 e. The molecule has 0 saturated carbocycles. The Hall–Kier alpha value is -1.79. The first-order valence-corrected chi connectivity index (χ1v) is 27.2. The third-order valence-corrected chi connectivity index (χ3v) is 13.3. The summed E-state index contributed by atoms with van der Waals surface area (Å²) in [4.78, 5) is 13.0. The Balaban J connectivity index is 1.70. The molecule has 0 aromatic heterocycles. The number of carbonyl (C=O) groups excluding carboxylic acids is 1. The monoisotopic (exact) mass is 970 g/mol. The van der Waals surface area contributed by atoms with Crippen molar-refractivity contribution in [3.05, 3.63) is 36.5 Å². The molecule has 0 spiro atoms. The van der Waals surface area contributed by atoms with Crippen LogP contribution in [0.1, 0.15) is 206 Å². The molecule has 0 aromatic carbocycles. The summed E-state index contributed by atoms with van der Waals surface area (Å²) in [5.74, 6) is -0.264. The quantitative estimate of drug-likeness (QED) is 0.0210. The third kappa shape index (κ3) is 27.1. The van der Waals surface area contributed by atoms with Crippen molar-refractivity contribution in [1.29, 1.82) is 0 Å². The molecule has 12 unspecified atom stereocenters. The van der Waals surface area contributed by atoms with Crippen LogP contribution in [-0.2, 0) is 23.7 Å². The lowest BCUT2D eigenvalue weighted by atomic mass is 9.97. The van der Waals surface area contributed by atoms with E-state index < -0.39 is 86.8 Å². The lowest BCUT2D eigenvalue weighted by molar-refractivity contribution is -0.359. The molecular weight excluding hydrogens is 871 g/mol. The van der Waals surface area contributed by atoms with Gasteiger partial charge in [-0.3, -0.25) is 4.79 Å². The number of carbonyl (C=O) groups is 1. The lowest BCUT2D eigenvalue weighted by Crippen LogP contribution is -2.65. The first-order chi connectivity index (χ1) is 33.1. The van der Waals surface area contributed by atoms with E-state index in [1.54, 1.807) is 6.08 Å². The summed E-state index contributed by atoms with van der Waals surface area (Å²) in [7, 11) is 0. The molecule has 1 amide bonds. The van der Waals surface area contributed by atoms with E-state index in [1.165, 1.54) is 116 Å². The van der Waals surface area contributed by atoms with Gasteiger partial charge in [0.05, 0.1) is 32.0 Å². The molecule has 0 aliphatic carbocycles. The minimum absolute atomic E-state index is 0.264. The van der Waals surface area contributed by atoms with Gasteiger partial charge in [0.1, 0.15) is 48.8 Å². The van der Waals surface area contributed by atoms with Crippen molar-refractivity contribution in [3.8, 4) is 0 Å². The van der Waals surface area contributed by atoms with Gasteiger partial charge < -0.3 is 65.1 Å². The molecule has 68 heavy (non-hydrogen) atoms. The zero-order valence-electron chi connectivity index (χ0n) is 42.3. The van der Waals surface area contributed by atoms with Crippen LogP contribution < -0.4 is 5.32 Å². The van der Waals surface area contributed by atoms with Crippen molar-refractivity contribution in [1.82, 2.24) is 5.32 Å². The summed E-state index contributed by atoms with van der Waals surface area (Å²) in [5.41, 5.74) is 0. The van der Waals surface area contributed by atoms with Gasteiger partial charge in [-0.15, -0.1) is 0 Å². The van der Waals surface area contributed by atoms with Gasteiger partial charge in [-0.05, 0) is 44.9 Å². The average molecular weight is 970 g/mol. The van der Waals surface area contributed by atoms with Crippen molar-refractivity contribution in [2.45, 2.75) is 280 Å². The van der Waals surface area contributed by atoms with Gasteiger partial charge in [0.2, 0.25) is 5.91 Å². The Kier molecular flexibility index (Phi) is 37.4. The van der Waals surface area contributed by atoms with Gasteiger partial charge in [-0.25, -0.2) is 0 Å². The van der Waals surface area contributed by atoms with Gasteiger partial charge >= 0.3 is 0 Å². The summed E-state index contributed by atoms with van der Waals surface area (Å²) in [6.45, 7) is 2.69. The van der Waals surface area contributed by atoms with Crippen LogP contribution in [0.4, 0.5) is 0 Å². The van der Waals surface area contributed by atoms with Crippen molar-refractivity contribution >= 4 is 5.91 Å². The van der Waals surface area contributed by atoms with Crippen LogP contribution in [-0.4, -0.2) is 140 Å². The first kappa shape index (κ1) is 62.3. The van der Waals surface area contributed by atoms with E-state index in [4.69, 9.17) is 18.9 Å². The summed E-state index contributed by atoms with van der Waals surface area (Å²) in [5, 5.41) is 86.4. The third-order valence-electron chi connectivity index (χ3n) is 13.3. The molecule has 2 aliphatic rings. The van der Waals surface area contributed by atoms with Crippen molar-refractivity contribution in [3.63, 3.8) is 0 Å². The van der Waals surface area contributed by atoms with Crippen molar-refractivity contribution in [2.24, 2.45) is 0 Å². The minimum Gasteiger partial charge on any atom is -0.394 e. The summed E-state index contributed by atoms with van der Waals surface area (Å²) in [6.07, 6.45) is 31.2. The van der Waals surface area contributed by atoms with Gasteiger partial charge in [-0.1, -0.05) is 192 Å². The van der Waals surface area contributed by atoms with Gasteiger partial charge in [-0.2, -0.15) is 0 Å². The van der Waals surface area contributed by atoms with E-state index in [2.05, 4.69) is 43.5 Å². The standard InChI is InChI=1S/C54H99NO13/c1-3-5-7-9-11-12-13-14-15-16-17-18-19-20-21-22-23-24-25-26-27-28-29-30-31-32-33-35-37-43(58)42(55-46(59)38-36-34-10-8-6-4-2)41-65-53-51(64)49(62)52(45(40-57)67-53)68-54-50(63)48(61)47(60)44(39-56)66-54/h26-27,30-31,35,37,42-45,47-54,56-58,60-64H,3-25,28-29,32-34,36,38-41H2,1-2H3,(H,55,59)/b27-26+,31-30+,37-35+. The number of nitrogens with one attached hydrogen (secondary N) is 1. The van der Waals surface area contributed by atoms with Crippen LogP contribution in [0.5, 0.6) is 0 Å². The zero-order valence-corrected chi connectivity index (χ0v) is 42.3. The number of aliphatic hydroxyl groups is 8. The average Bonchev–Trinajstić information content (AvgIpc) is 3.34. The molecule has 12 atom stereocenters. The van der Waals surface area contributed by atoms with Crippen molar-refractivity contribution in [2.75, 3.05) is 19.8 Å². The van der Waals surface area contributed by atoms with Gasteiger partial charge in [0.15, 0.2) is 12.6 Å². The highest BCUT2D eigenvalue weighted by atomic mass is 16.7. The van der Waals surface area contributed by atoms with E-state index in [1.807, 2.05) is 6.08 Å². The number of ether oxygens (including phenoxy) is 4. The predicted molar refractivity (Wildman–Crippen MR) is 268 cm³/mol. The summed E-state index contributed by atoms with van der Waals surface area (Å²) in [6, 6.07) is -0.932. The summed E-state index contributed by atoms with van der Waals surface area (Å²) < 4.78 is 22.6. The number of hydrogen-bond donors (Lipinski definition) is 9. The number of unbranched alkanes of at least 4 members (excludes halogenated alkanes) is 25. The molecule has 2 heterocycles. The Labute approximate surface area is 411 Å². The second-order valence-electron chi connectivity index (χ2n) is 19.3. The van der Waals surface area contributed by atoms with E-state index in [-0.39, 0.29) is 18.9 Å². The second kappa shape index (κ2) is 40.8. The Bertz CT molecular complexity index is 1280. The van der Waals surface area contributed by atoms with E-state index in [9.17, 15) is 45.6 Å². The van der Waals surface area contributed by atoms with Gasteiger partial charge in [0.25, 0.3) is 0 Å². The number of amides is 1. The van der Waals surface area contributed by atoms with E-state index in [0.29, 0.717) is 12.8 Å². The number of aliphatic hydroxyl groups excluding tert-OH is 8. The Morgan fingerprint density at radius 3 is 1.44 bits per heavy atom. The zero-order chi connectivity index (χ0) is 49.6. The molecule has 2 fully saturated rings. The normalized spacial score (nSPS) is 26.6. The first-order valence-electron chi connectivity index (χ1n) is 27.2. The van der Waals surface area contributed by atoms with Gasteiger partial charge in [0, 0.05) is 6.42 Å². The molecule has 9 N–H and O–H groups in total. The maximum absolute atomic E-state index is 13.0. The molecule has 2 saturated heterocycles. The number of allylic oxidation sites excluding steroid dienone is 5. The molecule has 398 valence electrons. The fourth-order valence-corrected chi connectivity index (χ4v) is 8.85. The van der Waals surface area contributed by atoms with Crippen LogP contribution in [0.15, 0.2) is 36.5 Å². The van der Waals surface area contributed by atoms with Crippen LogP contribution in [0.25, 0.3) is 0 Å². The molecule has 14 heteroatoms. The van der Waals surface area contributed by atoms with Crippen molar-refractivity contribution < 1.29 is 64.6 Å². The number of rotatable bonds is 42. The Morgan fingerprint density at radius 1 is 0.515 bits per heavy atom. The highest BCUT2D eigenvalue weighted by Crippen LogP contribution is 2.30. The smallest absolute Gasteiger partial charge is 0.220 e. The highest BCUT2D eigenvalue weighted by molar-refractivity contribution is 5.76. The highest BCUT2D eigenvalue weighted by Gasteiger charge is 2.51. The molecule has 0 radical (unpaired) electrons.